The summed E-state index contributed by atoms with van der Waals surface area (Å²) >= 11 is 0. The number of aryl methyl sites for hydroxylation is 1. The van der Waals surface area contributed by atoms with E-state index in [0.29, 0.717) is 0 Å². The molecule has 1 aliphatic rings. The van der Waals surface area contributed by atoms with Gasteiger partial charge in [-0.15, -0.1) is 0 Å². The van der Waals surface area contributed by atoms with E-state index in [1.54, 1.807) is 0 Å². The van der Waals surface area contributed by atoms with Crippen LogP contribution in [0.15, 0.2) is 4.52 Å². The molecular weight excluding hydrogens is 158 g/mol. The van der Waals surface area contributed by atoms with Crippen molar-refractivity contribution in [3.05, 3.63) is 17.0 Å². The Morgan fingerprint density at radius 2 is 2.17 bits per heavy atom. The fourth-order valence-corrected chi connectivity index (χ4v) is 1.56. The van der Waals surface area contributed by atoms with Crippen molar-refractivity contribution in [3.63, 3.8) is 0 Å². The summed E-state index contributed by atoms with van der Waals surface area (Å²) in [4.78, 5) is 10.6. The summed E-state index contributed by atoms with van der Waals surface area (Å²) in [7, 11) is 0. The minimum Gasteiger partial charge on any atom is -0.475 e. The van der Waals surface area contributed by atoms with Gasteiger partial charge in [0.1, 0.15) is 0 Å². The summed E-state index contributed by atoms with van der Waals surface area (Å²) in [6.07, 6.45) is 3.76. The average molecular weight is 167 g/mol. The first-order chi connectivity index (χ1) is 5.79. The molecule has 0 bridgehead atoms. The first-order valence-electron chi connectivity index (χ1n) is 4.00. The van der Waals surface area contributed by atoms with Crippen LogP contribution in [0.25, 0.3) is 0 Å². The highest BCUT2D eigenvalue weighted by Gasteiger charge is 2.23. The molecule has 1 N–H and O–H groups in total. The normalized spacial score (nSPS) is 15.7. The molecule has 1 aliphatic carbocycles. The van der Waals surface area contributed by atoms with Crippen LogP contribution in [0.2, 0.25) is 0 Å². The molecule has 0 fully saturated rings. The quantitative estimate of drug-likeness (QED) is 0.683. The fourth-order valence-electron chi connectivity index (χ4n) is 1.56. The molecule has 12 heavy (non-hydrogen) atoms. The molecule has 1 aromatic heterocycles. The molecule has 0 spiro atoms. The molecule has 0 saturated heterocycles. The number of aromatic carboxylic acids is 1. The molecule has 0 radical (unpaired) electrons. The second-order valence-corrected chi connectivity index (χ2v) is 2.95. The van der Waals surface area contributed by atoms with Gasteiger partial charge in [0.15, 0.2) is 0 Å². The van der Waals surface area contributed by atoms with Crippen molar-refractivity contribution in [2.75, 3.05) is 0 Å². The Kier molecular flexibility index (Phi) is 1.60. The van der Waals surface area contributed by atoms with Gasteiger partial charge >= 0.3 is 5.97 Å². The number of hydrogen-bond acceptors (Lipinski definition) is 3. The Hall–Kier alpha value is -1.32. The summed E-state index contributed by atoms with van der Waals surface area (Å²) in [5, 5.41) is 12.4. The lowest BCUT2D eigenvalue weighted by atomic mass is 9.96. The van der Waals surface area contributed by atoms with Crippen molar-refractivity contribution in [3.8, 4) is 0 Å². The predicted molar refractivity (Wildman–Crippen MR) is 40.1 cm³/mol. The summed E-state index contributed by atoms with van der Waals surface area (Å²) in [6, 6.07) is 0. The fraction of sp³-hybridized carbons (Fsp3) is 0.500. The molecule has 0 aliphatic heterocycles. The van der Waals surface area contributed by atoms with E-state index in [2.05, 4.69) is 5.16 Å². The molecular formula is C8H9NO3. The van der Waals surface area contributed by atoms with Gasteiger partial charge in [0.2, 0.25) is 5.76 Å². The highest BCUT2D eigenvalue weighted by Crippen LogP contribution is 2.23. The monoisotopic (exact) mass is 167 g/mol. The van der Waals surface area contributed by atoms with Crippen LogP contribution in [-0.4, -0.2) is 16.2 Å². The van der Waals surface area contributed by atoms with Crippen LogP contribution >= 0.6 is 0 Å². The molecule has 0 amide bonds. The minimum atomic E-state index is -1.01. The van der Waals surface area contributed by atoms with E-state index in [1.165, 1.54) is 0 Å². The van der Waals surface area contributed by atoms with Crippen molar-refractivity contribution < 1.29 is 14.4 Å². The van der Waals surface area contributed by atoms with Crippen LogP contribution in [0.3, 0.4) is 0 Å². The molecule has 4 nitrogen and oxygen atoms in total. The van der Waals surface area contributed by atoms with Crippen molar-refractivity contribution in [2.45, 2.75) is 25.7 Å². The van der Waals surface area contributed by atoms with Gasteiger partial charge in [-0.1, -0.05) is 5.16 Å². The Morgan fingerprint density at radius 1 is 1.42 bits per heavy atom. The summed E-state index contributed by atoms with van der Waals surface area (Å²) < 4.78 is 4.73. The van der Waals surface area contributed by atoms with Crippen LogP contribution in [0.1, 0.15) is 34.7 Å². The predicted octanol–water partition coefficient (Wildman–Crippen LogP) is 1.25. The molecule has 0 unspecified atom stereocenters. The van der Waals surface area contributed by atoms with E-state index in [1.807, 2.05) is 0 Å². The zero-order chi connectivity index (χ0) is 8.55. The highest BCUT2D eigenvalue weighted by atomic mass is 16.5. The van der Waals surface area contributed by atoms with Crippen LogP contribution in [0, 0.1) is 0 Å². The Balaban J connectivity index is 2.44. The number of carboxylic acids is 1. The lowest BCUT2D eigenvalue weighted by molar-refractivity contribution is 0.0650. The third-order valence-corrected chi connectivity index (χ3v) is 2.15. The highest BCUT2D eigenvalue weighted by molar-refractivity contribution is 5.86. The summed E-state index contributed by atoms with van der Waals surface area (Å²) in [5.74, 6) is -0.977. The standard InChI is InChI=1S/C8H9NO3/c10-8(11)7-5-3-1-2-4-6(5)9-12-7/h1-4H2,(H,10,11). The first-order valence-corrected chi connectivity index (χ1v) is 4.00. The molecule has 0 saturated carbocycles. The van der Waals surface area contributed by atoms with Gasteiger partial charge in [-0.3, -0.25) is 0 Å². The number of hydrogen-bond donors (Lipinski definition) is 1. The number of nitrogens with zero attached hydrogens (tertiary/aromatic N) is 1. The van der Waals surface area contributed by atoms with E-state index in [9.17, 15) is 4.79 Å². The van der Waals surface area contributed by atoms with Gasteiger partial charge < -0.3 is 9.63 Å². The topological polar surface area (TPSA) is 63.3 Å². The Labute approximate surface area is 69.2 Å². The van der Waals surface area contributed by atoms with Crippen molar-refractivity contribution in [2.24, 2.45) is 0 Å². The molecule has 4 heteroatoms. The number of aromatic nitrogens is 1. The molecule has 0 atom stereocenters. The lowest BCUT2D eigenvalue weighted by Gasteiger charge is -2.07. The summed E-state index contributed by atoms with van der Waals surface area (Å²) in [5.41, 5.74) is 1.63. The van der Waals surface area contributed by atoms with Gasteiger partial charge in [0, 0.05) is 5.56 Å². The largest absolute Gasteiger partial charge is 0.475 e. The van der Waals surface area contributed by atoms with E-state index >= 15 is 0 Å². The van der Waals surface area contributed by atoms with Crippen LogP contribution in [-0.2, 0) is 12.8 Å². The SMILES string of the molecule is O=C(O)c1onc2c1CCCC2. The first kappa shape index (κ1) is 7.34. The maximum atomic E-state index is 10.6. The van der Waals surface area contributed by atoms with Gasteiger partial charge in [-0.2, -0.15) is 0 Å². The van der Waals surface area contributed by atoms with Gasteiger partial charge in [0.25, 0.3) is 0 Å². The lowest BCUT2D eigenvalue weighted by Crippen LogP contribution is -2.05. The van der Waals surface area contributed by atoms with Gasteiger partial charge in [-0.25, -0.2) is 4.79 Å². The van der Waals surface area contributed by atoms with E-state index in [-0.39, 0.29) is 5.76 Å². The minimum absolute atomic E-state index is 0.0321. The molecule has 2 rings (SSSR count). The zero-order valence-corrected chi connectivity index (χ0v) is 6.54. The number of rotatable bonds is 1. The van der Waals surface area contributed by atoms with Crippen molar-refractivity contribution >= 4 is 5.97 Å². The maximum absolute atomic E-state index is 10.6. The molecule has 1 heterocycles. The molecule has 64 valence electrons. The van der Waals surface area contributed by atoms with E-state index < -0.39 is 5.97 Å². The Morgan fingerprint density at radius 3 is 2.92 bits per heavy atom. The molecule has 0 aromatic carbocycles. The van der Waals surface area contributed by atoms with Crippen LogP contribution in [0.5, 0.6) is 0 Å². The van der Waals surface area contributed by atoms with Crippen LogP contribution < -0.4 is 0 Å². The third-order valence-electron chi connectivity index (χ3n) is 2.15. The Bertz CT molecular complexity index is 316. The van der Waals surface area contributed by atoms with Crippen LogP contribution in [0.4, 0.5) is 0 Å². The maximum Gasteiger partial charge on any atom is 0.375 e. The summed E-state index contributed by atoms with van der Waals surface area (Å²) in [6.45, 7) is 0. The van der Waals surface area contributed by atoms with Gasteiger partial charge in [0.05, 0.1) is 5.69 Å². The second-order valence-electron chi connectivity index (χ2n) is 2.95. The van der Waals surface area contributed by atoms with Gasteiger partial charge in [-0.05, 0) is 25.7 Å². The number of carboxylic acid groups (broad SMARTS) is 1. The molecule has 1 aromatic rings. The number of fused-ring (bicyclic) bond motifs is 1. The van der Waals surface area contributed by atoms with Crippen molar-refractivity contribution in [1.82, 2.24) is 5.16 Å². The van der Waals surface area contributed by atoms with E-state index in [4.69, 9.17) is 9.63 Å². The second kappa shape index (κ2) is 2.62. The zero-order valence-electron chi connectivity index (χ0n) is 6.54. The number of carbonyl (C=O) groups is 1. The third kappa shape index (κ3) is 0.995. The smallest absolute Gasteiger partial charge is 0.375 e. The average Bonchev–Trinajstić information content (AvgIpc) is 2.47. The van der Waals surface area contributed by atoms with E-state index in [0.717, 1.165) is 36.9 Å². The van der Waals surface area contributed by atoms with Crippen molar-refractivity contribution in [1.29, 1.82) is 0 Å².